The number of nitrogens with zero attached hydrogens (tertiary/aromatic N) is 3. The van der Waals surface area contributed by atoms with Crippen molar-refractivity contribution in [3.63, 3.8) is 0 Å². The summed E-state index contributed by atoms with van der Waals surface area (Å²) in [7, 11) is 0. The number of hydrogen-bond donors (Lipinski definition) is 3. The van der Waals surface area contributed by atoms with E-state index in [1.165, 1.54) is 11.0 Å². The van der Waals surface area contributed by atoms with E-state index < -0.39 is 13.0 Å². The van der Waals surface area contributed by atoms with Gasteiger partial charge in [-0.05, 0) is 0 Å². The van der Waals surface area contributed by atoms with Gasteiger partial charge in [-0.1, -0.05) is 20.8 Å². The molecule has 1 heterocycles. The highest BCUT2D eigenvalue weighted by Crippen LogP contribution is 2.24. The largest absolute Gasteiger partial charge is 0.395 e. The normalized spacial score (nSPS) is 11.8. The van der Waals surface area contributed by atoms with E-state index in [4.69, 9.17) is 10.9 Å². The van der Waals surface area contributed by atoms with Crippen molar-refractivity contribution in [2.24, 2.45) is 5.84 Å². The van der Waals surface area contributed by atoms with Gasteiger partial charge in [0.25, 0.3) is 6.43 Å². The van der Waals surface area contributed by atoms with Gasteiger partial charge in [-0.3, -0.25) is 0 Å². The van der Waals surface area contributed by atoms with Gasteiger partial charge in [-0.15, -0.1) is 0 Å². The minimum Gasteiger partial charge on any atom is -0.395 e. The van der Waals surface area contributed by atoms with Gasteiger partial charge in [-0.25, -0.2) is 24.6 Å². The van der Waals surface area contributed by atoms with Crippen molar-refractivity contribution in [3.8, 4) is 0 Å². The highest BCUT2D eigenvalue weighted by Gasteiger charge is 2.22. The molecule has 0 bridgehead atoms. The van der Waals surface area contributed by atoms with Gasteiger partial charge in [0, 0.05) is 18.0 Å². The molecule has 0 aliphatic heterocycles. The fraction of sp³-hybridized carbons (Fsp3) is 0.667. The van der Waals surface area contributed by atoms with E-state index in [1.54, 1.807) is 0 Å². The number of hydrogen-bond acceptors (Lipinski definition) is 6. The number of nitrogens with two attached hydrogens (primary N) is 1. The number of hydrazine groups is 1. The van der Waals surface area contributed by atoms with Crippen LogP contribution in [-0.4, -0.2) is 41.2 Å². The average molecular weight is 289 g/mol. The molecule has 0 aliphatic rings. The van der Waals surface area contributed by atoms with Crippen LogP contribution in [0.15, 0.2) is 6.07 Å². The molecule has 0 unspecified atom stereocenters. The summed E-state index contributed by atoms with van der Waals surface area (Å²) in [6, 6.07) is 1.48. The second kappa shape index (κ2) is 6.76. The predicted molar refractivity (Wildman–Crippen MR) is 73.8 cm³/mol. The molecule has 0 saturated carbocycles. The molecule has 8 heteroatoms. The standard InChI is InChI=1S/C12H21F2N5O/c1-12(2,3)11-16-9(18-15)6-10(17-11)19(4-5-20)7-8(13)14/h6,8,20H,4-5,7,15H2,1-3H3,(H,16,17,18). The van der Waals surface area contributed by atoms with Crippen molar-refractivity contribution in [1.29, 1.82) is 0 Å². The zero-order valence-electron chi connectivity index (χ0n) is 11.9. The van der Waals surface area contributed by atoms with Crippen molar-refractivity contribution in [2.45, 2.75) is 32.6 Å². The fourth-order valence-electron chi connectivity index (χ4n) is 1.59. The Kier molecular flexibility index (Phi) is 5.58. The Morgan fingerprint density at radius 3 is 2.50 bits per heavy atom. The Balaban J connectivity index is 3.19. The van der Waals surface area contributed by atoms with Gasteiger partial charge in [-0.2, -0.15) is 0 Å². The molecule has 1 aromatic heterocycles. The lowest BCUT2D eigenvalue weighted by molar-refractivity contribution is 0.152. The van der Waals surface area contributed by atoms with Crippen molar-refractivity contribution < 1.29 is 13.9 Å². The van der Waals surface area contributed by atoms with Gasteiger partial charge >= 0.3 is 0 Å². The molecular weight excluding hydrogens is 268 g/mol. The summed E-state index contributed by atoms with van der Waals surface area (Å²) in [6.07, 6.45) is -2.52. The van der Waals surface area contributed by atoms with Crippen LogP contribution < -0.4 is 16.2 Å². The molecule has 114 valence electrons. The summed E-state index contributed by atoms with van der Waals surface area (Å²) in [4.78, 5) is 9.83. The summed E-state index contributed by atoms with van der Waals surface area (Å²) in [5.74, 6) is 6.49. The highest BCUT2D eigenvalue weighted by molar-refractivity contribution is 5.49. The van der Waals surface area contributed by atoms with Crippen molar-refractivity contribution in [3.05, 3.63) is 11.9 Å². The van der Waals surface area contributed by atoms with Gasteiger partial charge < -0.3 is 15.4 Å². The quantitative estimate of drug-likeness (QED) is 0.537. The van der Waals surface area contributed by atoms with Gasteiger partial charge in [0.2, 0.25) is 0 Å². The van der Waals surface area contributed by atoms with E-state index in [0.29, 0.717) is 17.5 Å². The molecule has 0 aromatic carbocycles. The molecule has 0 amide bonds. The summed E-state index contributed by atoms with van der Waals surface area (Å²) < 4.78 is 25.2. The summed E-state index contributed by atoms with van der Waals surface area (Å²) >= 11 is 0. The Hall–Kier alpha value is -1.54. The number of aliphatic hydroxyl groups excluding tert-OH is 1. The lowest BCUT2D eigenvalue weighted by Crippen LogP contribution is -2.33. The SMILES string of the molecule is CC(C)(C)c1nc(NN)cc(N(CCO)CC(F)F)n1. The molecule has 0 saturated heterocycles. The number of halogens is 2. The zero-order valence-corrected chi connectivity index (χ0v) is 11.9. The molecule has 1 rings (SSSR count). The van der Waals surface area contributed by atoms with Crippen LogP contribution in [0.1, 0.15) is 26.6 Å². The van der Waals surface area contributed by atoms with Gasteiger partial charge in [0.05, 0.1) is 13.2 Å². The van der Waals surface area contributed by atoms with Crippen LogP contribution in [0.25, 0.3) is 0 Å². The first-order chi connectivity index (χ1) is 9.27. The van der Waals surface area contributed by atoms with E-state index in [1.807, 2.05) is 20.8 Å². The molecule has 0 fully saturated rings. The maximum atomic E-state index is 12.6. The average Bonchev–Trinajstić information content (AvgIpc) is 2.36. The second-order valence-corrected chi connectivity index (χ2v) is 5.39. The maximum absolute atomic E-state index is 12.6. The molecule has 0 spiro atoms. The molecule has 0 aliphatic carbocycles. The molecular formula is C12H21F2N5O. The summed E-state index contributed by atoms with van der Waals surface area (Å²) in [5.41, 5.74) is 2.05. The minimum atomic E-state index is -2.52. The third-order valence-electron chi connectivity index (χ3n) is 2.58. The Bertz CT molecular complexity index is 436. The fourth-order valence-corrected chi connectivity index (χ4v) is 1.59. The van der Waals surface area contributed by atoms with E-state index in [0.717, 1.165) is 0 Å². The molecule has 0 radical (unpaired) electrons. The minimum absolute atomic E-state index is 0.0644. The number of nitrogens with one attached hydrogen (secondary N) is 1. The van der Waals surface area contributed by atoms with Gasteiger partial charge in [0.1, 0.15) is 17.5 Å². The molecule has 4 N–H and O–H groups in total. The monoisotopic (exact) mass is 289 g/mol. The lowest BCUT2D eigenvalue weighted by atomic mass is 9.96. The number of nitrogen functional groups attached to an aromatic ring is 1. The maximum Gasteiger partial charge on any atom is 0.255 e. The third kappa shape index (κ3) is 4.53. The van der Waals surface area contributed by atoms with E-state index >= 15 is 0 Å². The highest BCUT2D eigenvalue weighted by atomic mass is 19.3. The summed E-state index contributed by atoms with van der Waals surface area (Å²) in [6.45, 7) is 5.05. The Labute approximate surface area is 117 Å². The molecule has 6 nitrogen and oxygen atoms in total. The second-order valence-electron chi connectivity index (χ2n) is 5.39. The Morgan fingerprint density at radius 2 is 2.05 bits per heavy atom. The van der Waals surface area contributed by atoms with Crippen molar-refractivity contribution in [1.82, 2.24) is 9.97 Å². The van der Waals surface area contributed by atoms with E-state index in [2.05, 4.69) is 15.4 Å². The zero-order chi connectivity index (χ0) is 15.3. The number of aromatic nitrogens is 2. The van der Waals surface area contributed by atoms with Crippen LogP contribution >= 0.6 is 0 Å². The third-order valence-corrected chi connectivity index (χ3v) is 2.58. The van der Waals surface area contributed by atoms with E-state index in [9.17, 15) is 8.78 Å². The molecule has 1 aromatic rings. The van der Waals surface area contributed by atoms with Crippen LogP contribution in [0.4, 0.5) is 20.4 Å². The number of anilines is 2. The van der Waals surface area contributed by atoms with Crippen molar-refractivity contribution in [2.75, 3.05) is 30.0 Å². The first-order valence-electron chi connectivity index (χ1n) is 6.28. The van der Waals surface area contributed by atoms with Gasteiger partial charge in [0.15, 0.2) is 0 Å². The van der Waals surface area contributed by atoms with Crippen LogP contribution in [-0.2, 0) is 5.41 Å². The number of aliphatic hydroxyl groups is 1. The van der Waals surface area contributed by atoms with Crippen LogP contribution in [0, 0.1) is 0 Å². The smallest absolute Gasteiger partial charge is 0.255 e. The number of rotatable bonds is 6. The predicted octanol–water partition coefficient (Wildman–Crippen LogP) is 1.12. The first-order valence-corrected chi connectivity index (χ1v) is 6.28. The topological polar surface area (TPSA) is 87.3 Å². The van der Waals surface area contributed by atoms with E-state index in [-0.39, 0.29) is 18.6 Å². The van der Waals surface area contributed by atoms with Crippen LogP contribution in [0.2, 0.25) is 0 Å². The summed E-state index contributed by atoms with van der Waals surface area (Å²) in [5, 5.41) is 9.00. The first kappa shape index (κ1) is 16.5. The number of alkyl halides is 2. The van der Waals surface area contributed by atoms with Crippen molar-refractivity contribution >= 4 is 11.6 Å². The molecule has 20 heavy (non-hydrogen) atoms. The Morgan fingerprint density at radius 1 is 1.40 bits per heavy atom. The van der Waals surface area contributed by atoms with Crippen LogP contribution in [0.3, 0.4) is 0 Å². The lowest BCUT2D eigenvalue weighted by Gasteiger charge is -2.25. The van der Waals surface area contributed by atoms with Crippen LogP contribution in [0.5, 0.6) is 0 Å². The molecule has 0 atom stereocenters.